The summed E-state index contributed by atoms with van der Waals surface area (Å²) < 4.78 is 1.80. The molecule has 5 nitrogen and oxygen atoms in total. The normalized spacial score (nSPS) is 17.0. The number of hydrogen-bond acceptors (Lipinski definition) is 3. The molecular formula is C16H14N4O. The molecule has 3 aromatic rings. The van der Waals surface area contributed by atoms with E-state index in [0.717, 1.165) is 34.4 Å². The van der Waals surface area contributed by atoms with Crippen LogP contribution in [0.25, 0.3) is 5.52 Å². The van der Waals surface area contributed by atoms with Gasteiger partial charge in [-0.3, -0.25) is 4.79 Å². The summed E-state index contributed by atoms with van der Waals surface area (Å²) in [5.74, 6) is -0.396. The molecule has 1 amide bonds. The maximum Gasteiger partial charge on any atom is 0.238 e. The Morgan fingerprint density at radius 1 is 1.29 bits per heavy atom. The van der Waals surface area contributed by atoms with Gasteiger partial charge in [-0.25, -0.2) is 9.50 Å². The zero-order chi connectivity index (χ0) is 14.4. The average molecular weight is 278 g/mol. The lowest BCUT2D eigenvalue weighted by Gasteiger charge is -2.11. The number of aryl methyl sites for hydroxylation is 1. The van der Waals surface area contributed by atoms with Crippen LogP contribution in [0.4, 0.5) is 5.69 Å². The highest BCUT2D eigenvalue weighted by molar-refractivity contribution is 6.05. The molecule has 0 bridgehead atoms. The van der Waals surface area contributed by atoms with Crippen LogP contribution in [0.2, 0.25) is 0 Å². The number of rotatable bonds is 2. The molecule has 1 aromatic carbocycles. The summed E-state index contributed by atoms with van der Waals surface area (Å²) in [5, 5.41) is 7.17. The molecule has 0 aliphatic carbocycles. The highest BCUT2D eigenvalue weighted by Gasteiger charge is 2.34. The Balaban J connectivity index is 1.99. The first kappa shape index (κ1) is 12.1. The Bertz CT molecular complexity index is 852. The van der Waals surface area contributed by atoms with Crippen molar-refractivity contribution in [3.63, 3.8) is 0 Å². The van der Waals surface area contributed by atoms with Crippen LogP contribution in [0.15, 0.2) is 42.9 Å². The fraction of sp³-hybridized carbons (Fsp3) is 0.188. The van der Waals surface area contributed by atoms with Gasteiger partial charge in [-0.15, -0.1) is 0 Å². The number of aromatic nitrogens is 3. The maximum atomic E-state index is 12.4. The van der Waals surface area contributed by atoms with Gasteiger partial charge < -0.3 is 5.32 Å². The Hall–Kier alpha value is -2.69. The van der Waals surface area contributed by atoms with Crippen molar-refractivity contribution in [1.29, 1.82) is 0 Å². The first-order valence-electron chi connectivity index (χ1n) is 7.00. The van der Waals surface area contributed by atoms with E-state index in [0.29, 0.717) is 0 Å². The fourth-order valence-electron chi connectivity index (χ4n) is 3.02. The SMILES string of the molecule is CCc1ccn2ncnc(C3C(=O)Nc4ccccc43)c12. The Labute approximate surface area is 121 Å². The van der Waals surface area contributed by atoms with Crippen LogP contribution >= 0.6 is 0 Å². The van der Waals surface area contributed by atoms with E-state index in [-0.39, 0.29) is 11.8 Å². The van der Waals surface area contributed by atoms with Gasteiger partial charge in [-0.2, -0.15) is 5.10 Å². The number of benzene rings is 1. The summed E-state index contributed by atoms with van der Waals surface area (Å²) >= 11 is 0. The number of para-hydroxylation sites is 1. The van der Waals surface area contributed by atoms with Crippen molar-refractivity contribution in [1.82, 2.24) is 14.6 Å². The lowest BCUT2D eigenvalue weighted by molar-refractivity contribution is -0.116. The lowest BCUT2D eigenvalue weighted by atomic mass is 9.95. The minimum absolute atomic E-state index is 0.0277. The van der Waals surface area contributed by atoms with E-state index in [1.54, 1.807) is 4.52 Å². The van der Waals surface area contributed by atoms with Gasteiger partial charge in [0.15, 0.2) is 0 Å². The molecule has 104 valence electrons. The van der Waals surface area contributed by atoms with E-state index in [1.165, 1.54) is 6.33 Å². The van der Waals surface area contributed by atoms with Crippen LogP contribution in [0.3, 0.4) is 0 Å². The van der Waals surface area contributed by atoms with Gasteiger partial charge in [-0.1, -0.05) is 25.1 Å². The Morgan fingerprint density at radius 2 is 2.14 bits per heavy atom. The van der Waals surface area contributed by atoms with Crippen LogP contribution in [-0.4, -0.2) is 20.5 Å². The van der Waals surface area contributed by atoms with Crippen LogP contribution in [0.1, 0.15) is 29.7 Å². The molecule has 1 atom stereocenters. The first-order valence-corrected chi connectivity index (χ1v) is 7.00. The number of amides is 1. The van der Waals surface area contributed by atoms with Gasteiger partial charge in [0.05, 0.1) is 11.2 Å². The van der Waals surface area contributed by atoms with E-state index >= 15 is 0 Å². The molecular weight excluding hydrogens is 264 g/mol. The number of nitrogens with one attached hydrogen (secondary N) is 1. The molecule has 2 aromatic heterocycles. The number of nitrogens with zero attached hydrogens (tertiary/aromatic N) is 3. The third kappa shape index (κ3) is 1.67. The smallest absolute Gasteiger partial charge is 0.238 e. The molecule has 1 aliphatic heterocycles. The zero-order valence-corrected chi connectivity index (χ0v) is 11.6. The van der Waals surface area contributed by atoms with Crippen molar-refractivity contribution < 1.29 is 4.79 Å². The van der Waals surface area contributed by atoms with E-state index in [1.807, 2.05) is 36.5 Å². The molecule has 0 fully saturated rings. The third-order valence-corrected chi connectivity index (χ3v) is 4.01. The van der Waals surface area contributed by atoms with Crippen molar-refractivity contribution in [3.8, 4) is 0 Å². The van der Waals surface area contributed by atoms with Gasteiger partial charge in [0.2, 0.25) is 5.91 Å². The average Bonchev–Trinajstić information content (AvgIpc) is 3.06. The van der Waals surface area contributed by atoms with Crippen molar-refractivity contribution in [2.45, 2.75) is 19.3 Å². The topological polar surface area (TPSA) is 59.3 Å². The van der Waals surface area contributed by atoms with Crippen LogP contribution < -0.4 is 5.32 Å². The van der Waals surface area contributed by atoms with Crippen molar-refractivity contribution >= 4 is 17.1 Å². The van der Waals surface area contributed by atoms with E-state index in [9.17, 15) is 4.79 Å². The number of carbonyl (C=O) groups excluding carboxylic acids is 1. The predicted molar refractivity (Wildman–Crippen MR) is 79.3 cm³/mol. The lowest BCUT2D eigenvalue weighted by Crippen LogP contribution is -2.16. The monoisotopic (exact) mass is 278 g/mol. The number of fused-ring (bicyclic) bond motifs is 2. The summed E-state index contributed by atoms with van der Waals surface area (Å²) in [4.78, 5) is 16.8. The maximum absolute atomic E-state index is 12.4. The van der Waals surface area contributed by atoms with Crippen LogP contribution in [0.5, 0.6) is 0 Å². The Kier molecular flexibility index (Phi) is 2.54. The molecule has 21 heavy (non-hydrogen) atoms. The predicted octanol–water partition coefficient (Wildman–Crippen LogP) is 2.38. The summed E-state index contributed by atoms with van der Waals surface area (Å²) in [7, 11) is 0. The molecule has 1 N–H and O–H groups in total. The number of hydrogen-bond donors (Lipinski definition) is 1. The standard InChI is InChI=1S/C16H14N4O/c1-2-10-7-8-20-15(10)14(17-9-18-20)13-11-5-3-4-6-12(11)19-16(13)21/h3-9,13H,2H2,1H3,(H,19,21). The summed E-state index contributed by atoms with van der Waals surface area (Å²) in [6.45, 7) is 2.09. The summed E-state index contributed by atoms with van der Waals surface area (Å²) in [6.07, 6.45) is 4.31. The molecule has 0 radical (unpaired) electrons. The summed E-state index contributed by atoms with van der Waals surface area (Å²) in [5.41, 5.74) is 4.72. The van der Waals surface area contributed by atoms with Crippen molar-refractivity contribution in [2.24, 2.45) is 0 Å². The minimum atomic E-state index is -0.369. The molecule has 3 heterocycles. The zero-order valence-electron chi connectivity index (χ0n) is 11.6. The molecule has 5 heteroatoms. The van der Waals surface area contributed by atoms with Crippen molar-refractivity contribution in [2.75, 3.05) is 5.32 Å². The molecule has 1 aliphatic rings. The van der Waals surface area contributed by atoms with Gasteiger partial charge in [0, 0.05) is 11.9 Å². The van der Waals surface area contributed by atoms with E-state index in [2.05, 4.69) is 22.3 Å². The largest absolute Gasteiger partial charge is 0.325 e. The quantitative estimate of drug-likeness (QED) is 0.783. The van der Waals surface area contributed by atoms with Gasteiger partial charge in [0.25, 0.3) is 0 Å². The molecule has 0 saturated carbocycles. The van der Waals surface area contributed by atoms with E-state index < -0.39 is 0 Å². The second-order valence-electron chi connectivity index (χ2n) is 5.14. The highest BCUT2D eigenvalue weighted by atomic mass is 16.2. The van der Waals surface area contributed by atoms with Crippen LogP contribution in [0, 0.1) is 0 Å². The Morgan fingerprint density at radius 3 is 3.00 bits per heavy atom. The van der Waals surface area contributed by atoms with Crippen molar-refractivity contribution in [3.05, 3.63) is 59.7 Å². The van der Waals surface area contributed by atoms with Gasteiger partial charge in [0.1, 0.15) is 12.2 Å². The van der Waals surface area contributed by atoms with Gasteiger partial charge in [-0.05, 0) is 29.7 Å². The molecule has 4 rings (SSSR count). The number of carbonyl (C=O) groups is 1. The molecule has 0 spiro atoms. The van der Waals surface area contributed by atoms with E-state index in [4.69, 9.17) is 0 Å². The molecule has 1 unspecified atom stereocenters. The van der Waals surface area contributed by atoms with Gasteiger partial charge >= 0.3 is 0 Å². The minimum Gasteiger partial charge on any atom is -0.325 e. The first-order chi connectivity index (χ1) is 10.3. The number of anilines is 1. The fourth-order valence-corrected chi connectivity index (χ4v) is 3.02. The highest BCUT2D eigenvalue weighted by Crippen LogP contribution is 2.38. The summed E-state index contributed by atoms with van der Waals surface area (Å²) in [6, 6.07) is 9.80. The molecule has 0 saturated heterocycles. The second kappa shape index (κ2) is 4.41. The van der Waals surface area contributed by atoms with Crippen LogP contribution in [-0.2, 0) is 11.2 Å². The third-order valence-electron chi connectivity index (χ3n) is 4.01. The second-order valence-corrected chi connectivity index (χ2v) is 5.14.